The number of anilines is 2. The van der Waals surface area contributed by atoms with E-state index in [0.29, 0.717) is 53.2 Å². The topological polar surface area (TPSA) is 96.8 Å². The maximum Gasteiger partial charge on any atom is 0.194 e. The van der Waals surface area contributed by atoms with Gasteiger partial charge in [-0.25, -0.2) is 9.37 Å². The number of pyridine rings is 3. The Morgan fingerprint density at radius 3 is 2.80 bits per heavy atom. The minimum Gasteiger partial charge on any atom is -0.488 e. The minimum absolute atomic E-state index is 0.0488. The Morgan fingerprint density at radius 2 is 2.06 bits per heavy atom. The van der Waals surface area contributed by atoms with E-state index in [-0.39, 0.29) is 23.7 Å². The van der Waals surface area contributed by atoms with Gasteiger partial charge in [0, 0.05) is 64.3 Å². The molecule has 10 nitrogen and oxygen atoms in total. The van der Waals surface area contributed by atoms with Gasteiger partial charge in [-0.1, -0.05) is 13.0 Å². The average molecular weight is 666 g/mol. The molecule has 3 atom stereocenters. The first-order valence-corrected chi connectivity index (χ1v) is 17.1. The van der Waals surface area contributed by atoms with Crippen molar-refractivity contribution in [3.8, 4) is 17.0 Å². The van der Waals surface area contributed by atoms with E-state index in [2.05, 4.69) is 67.0 Å². The molecule has 49 heavy (non-hydrogen) atoms. The third-order valence-corrected chi connectivity index (χ3v) is 9.95. The summed E-state index contributed by atoms with van der Waals surface area (Å²) < 4.78 is 29.9. The highest BCUT2D eigenvalue weighted by Crippen LogP contribution is 2.41. The summed E-state index contributed by atoms with van der Waals surface area (Å²) in [5.74, 6) is 0.693. The van der Waals surface area contributed by atoms with Crippen LogP contribution in [0.25, 0.3) is 22.2 Å². The predicted molar refractivity (Wildman–Crippen MR) is 192 cm³/mol. The number of ether oxygens (including phenoxy) is 2. The van der Waals surface area contributed by atoms with E-state index in [1.54, 1.807) is 13.3 Å². The monoisotopic (exact) mass is 665 g/mol. The summed E-state index contributed by atoms with van der Waals surface area (Å²) in [6, 6.07) is 9.37. The second-order valence-electron chi connectivity index (χ2n) is 13.1. The number of rotatable bonds is 10. The quantitative estimate of drug-likeness (QED) is 0.223. The Morgan fingerprint density at radius 1 is 1.18 bits per heavy atom. The fourth-order valence-electron chi connectivity index (χ4n) is 7.18. The smallest absolute Gasteiger partial charge is 0.194 e. The van der Waals surface area contributed by atoms with Crippen LogP contribution in [0.15, 0.2) is 77.6 Å². The summed E-state index contributed by atoms with van der Waals surface area (Å²) in [5.41, 5.74) is 5.09. The van der Waals surface area contributed by atoms with Crippen LogP contribution < -0.4 is 25.7 Å². The Balaban J connectivity index is 1.27. The third-order valence-electron chi connectivity index (χ3n) is 9.95. The lowest BCUT2D eigenvalue weighted by molar-refractivity contribution is 0.121. The highest BCUT2D eigenvalue weighted by Gasteiger charge is 2.31. The van der Waals surface area contributed by atoms with E-state index in [1.165, 1.54) is 6.07 Å². The molecule has 6 heterocycles. The molecule has 0 spiro atoms. The van der Waals surface area contributed by atoms with Crippen molar-refractivity contribution in [1.29, 1.82) is 0 Å². The molecule has 256 valence electrons. The minimum atomic E-state index is -0.511. The molecule has 1 saturated heterocycles. The van der Waals surface area contributed by atoms with Crippen LogP contribution in [-0.4, -0.2) is 72.1 Å². The second kappa shape index (κ2) is 14.0. The van der Waals surface area contributed by atoms with Gasteiger partial charge in [-0.15, -0.1) is 0 Å². The summed E-state index contributed by atoms with van der Waals surface area (Å²) in [4.78, 5) is 28.2. The SMILES string of the molecule is CCc1ccc(-c2c(F)cc3c(=O)c(CN(CC4=CC(OC)NC=C4)C4CCCN(c5ccc(NC)nc5)C4)cn4c3c2OCC4C)nc1. The number of methoxy groups -OCH3 is 1. The van der Waals surface area contributed by atoms with Crippen molar-refractivity contribution in [1.82, 2.24) is 24.8 Å². The fraction of sp³-hybridized carbons (Fsp3) is 0.395. The van der Waals surface area contributed by atoms with Gasteiger partial charge in [0.15, 0.2) is 11.2 Å². The second-order valence-corrected chi connectivity index (χ2v) is 13.1. The van der Waals surface area contributed by atoms with Gasteiger partial charge in [-0.05, 0) is 79.9 Å². The van der Waals surface area contributed by atoms with Crippen LogP contribution in [0.3, 0.4) is 0 Å². The van der Waals surface area contributed by atoms with Crippen molar-refractivity contribution in [3.05, 3.63) is 100 Å². The molecular weight excluding hydrogens is 621 g/mol. The van der Waals surface area contributed by atoms with Crippen molar-refractivity contribution in [2.45, 2.75) is 58.0 Å². The van der Waals surface area contributed by atoms with Gasteiger partial charge in [0.25, 0.3) is 0 Å². The van der Waals surface area contributed by atoms with E-state index in [9.17, 15) is 4.79 Å². The molecule has 3 aliphatic heterocycles. The van der Waals surface area contributed by atoms with Crippen molar-refractivity contribution in [2.75, 3.05) is 50.6 Å². The normalized spacial score (nSPS) is 20.2. The van der Waals surface area contributed by atoms with Gasteiger partial charge in [0.1, 0.15) is 24.5 Å². The van der Waals surface area contributed by atoms with E-state index in [4.69, 9.17) is 9.47 Å². The molecule has 0 saturated carbocycles. The zero-order valence-electron chi connectivity index (χ0n) is 28.6. The number of halogens is 1. The Labute approximate surface area is 286 Å². The number of hydrogen-bond donors (Lipinski definition) is 2. The number of nitrogens with zero attached hydrogens (tertiary/aromatic N) is 5. The van der Waals surface area contributed by atoms with Crippen LogP contribution in [0, 0.1) is 5.82 Å². The molecule has 3 aromatic heterocycles. The molecule has 3 unspecified atom stereocenters. The summed E-state index contributed by atoms with van der Waals surface area (Å²) in [6.07, 6.45) is 14.3. The number of nitrogens with one attached hydrogen (secondary N) is 2. The van der Waals surface area contributed by atoms with E-state index in [0.717, 1.165) is 55.0 Å². The molecule has 7 rings (SSSR count). The standard InChI is InChI=1S/C38H44FN7O3/c1-5-25-8-10-32(42-17-25)35-31(39)16-30-36-38(35)49-23-24(2)46(36)21-27(37(30)47)20-45(19-26-12-13-41-34(15-26)48-4)29-7-6-14-44(22-29)28-9-11-33(40-3)43-18-28/h8-13,15-18,21,24,29,34,41H,5-7,14,19-20,22-23H2,1-4H3,(H,40,43). The van der Waals surface area contributed by atoms with E-state index in [1.807, 2.05) is 43.8 Å². The number of dihydropyridines is 1. The largest absolute Gasteiger partial charge is 0.488 e. The third kappa shape index (κ3) is 6.52. The molecule has 0 amide bonds. The zero-order valence-corrected chi connectivity index (χ0v) is 28.6. The molecule has 0 aliphatic carbocycles. The van der Waals surface area contributed by atoms with Gasteiger partial charge < -0.3 is 29.6 Å². The highest BCUT2D eigenvalue weighted by molar-refractivity contribution is 5.93. The first-order valence-electron chi connectivity index (χ1n) is 17.1. The van der Waals surface area contributed by atoms with Crippen molar-refractivity contribution in [2.24, 2.45) is 0 Å². The van der Waals surface area contributed by atoms with Crippen molar-refractivity contribution >= 4 is 22.4 Å². The van der Waals surface area contributed by atoms with Gasteiger partial charge in [0.2, 0.25) is 0 Å². The molecule has 0 bridgehead atoms. The molecule has 0 radical (unpaired) electrons. The van der Waals surface area contributed by atoms with Gasteiger partial charge in [-0.3, -0.25) is 14.7 Å². The molecule has 1 aromatic carbocycles. The average Bonchev–Trinajstić information content (AvgIpc) is 3.14. The van der Waals surface area contributed by atoms with Gasteiger partial charge in [0.05, 0.1) is 40.1 Å². The van der Waals surface area contributed by atoms with E-state index >= 15 is 4.39 Å². The lowest BCUT2D eigenvalue weighted by Gasteiger charge is -2.41. The Hall–Kier alpha value is -4.74. The van der Waals surface area contributed by atoms with E-state index < -0.39 is 5.82 Å². The first-order chi connectivity index (χ1) is 23.9. The number of aryl methyl sites for hydroxylation is 1. The van der Waals surface area contributed by atoms with Crippen LogP contribution in [0.1, 0.15) is 43.9 Å². The highest BCUT2D eigenvalue weighted by atomic mass is 19.1. The Kier molecular flexibility index (Phi) is 9.38. The summed E-state index contributed by atoms with van der Waals surface area (Å²) >= 11 is 0. The number of piperidine rings is 1. The summed E-state index contributed by atoms with van der Waals surface area (Å²) in [6.45, 7) is 7.24. The predicted octanol–water partition coefficient (Wildman–Crippen LogP) is 5.64. The van der Waals surface area contributed by atoms with Crippen LogP contribution in [0.4, 0.5) is 15.9 Å². The lowest BCUT2D eigenvalue weighted by atomic mass is 9.99. The first kappa shape index (κ1) is 32.8. The zero-order chi connectivity index (χ0) is 34.1. The molecule has 3 aliphatic rings. The molecule has 2 N–H and O–H groups in total. The van der Waals surface area contributed by atoms with Crippen molar-refractivity contribution in [3.63, 3.8) is 0 Å². The number of benzene rings is 1. The maximum atomic E-state index is 16.1. The molecule has 4 aromatic rings. The summed E-state index contributed by atoms with van der Waals surface area (Å²) in [5, 5.41) is 6.62. The Bertz CT molecular complexity index is 1940. The fourth-order valence-corrected chi connectivity index (χ4v) is 7.18. The maximum absolute atomic E-state index is 16.1. The van der Waals surface area contributed by atoms with Crippen molar-refractivity contribution < 1.29 is 13.9 Å². The summed E-state index contributed by atoms with van der Waals surface area (Å²) in [7, 11) is 3.54. The van der Waals surface area contributed by atoms with Gasteiger partial charge >= 0.3 is 0 Å². The van der Waals surface area contributed by atoms with Crippen LogP contribution in [0.2, 0.25) is 0 Å². The number of hydrogen-bond acceptors (Lipinski definition) is 9. The molecule has 1 fully saturated rings. The van der Waals surface area contributed by atoms with Crippen LogP contribution >= 0.6 is 0 Å². The van der Waals surface area contributed by atoms with Crippen LogP contribution in [0.5, 0.6) is 5.75 Å². The van der Waals surface area contributed by atoms with Crippen LogP contribution in [-0.2, 0) is 17.7 Å². The lowest BCUT2D eigenvalue weighted by Crippen LogP contribution is -2.49. The number of aromatic nitrogens is 3. The molecule has 11 heteroatoms. The molecular formula is C38H44FN7O3. The van der Waals surface area contributed by atoms with Gasteiger partial charge in [-0.2, -0.15) is 0 Å².